The maximum Gasteiger partial charge on any atom is 0.149 e. The molecule has 4 rings (SSSR count). The van der Waals surface area contributed by atoms with Crippen molar-refractivity contribution in [3.8, 4) is 11.1 Å². The second-order valence-electron chi connectivity index (χ2n) is 9.15. The van der Waals surface area contributed by atoms with Gasteiger partial charge in [-0.2, -0.15) is 0 Å². The van der Waals surface area contributed by atoms with Gasteiger partial charge in [0.25, 0.3) is 0 Å². The van der Waals surface area contributed by atoms with E-state index in [4.69, 9.17) is 16.3 Å². The summed E-state index contributed by atoms with van der Waals surface area (Å²) in [7, 11) is 1.73. The van der Waals surface area contributed by atoms with Gasteiger partial charge in [0.1, 0.15) is 16.8 Å². The Morgan fingerprint density at radius 3 is 2.53 bits per heavy atom. The van der Waals surface area contributed by atoms with Gasteiger partial charge in [0.05, 0.1) is 24.7 Å². The lowest BCUT2D eigenvalue weighted by Crippen LogP contribution is -2.42. The van der Waals surface area contributed by atoms with Crippen molar-refractivity contribution in [2.24, 2.45) is 5.92 Å². The second-order valence-corrected chi connectivity index (χ2v) is 9.51. The van der Waals surface area contributed by atoms with E-state index < -0.39 is 5.82 Å². The maximum atomic E-state index is 14.7. The molecular formula is C24H33ClFN5O. The number of nitrogens with zero attached hydrogens (tertiary/aromatic N) is 2. The third-order valence-electron chi connectivity index (χ3n) is 6.29. The minimum Gasteiger partial charge on any atom is -0.384 e. The molecule has 2 aliphatic rings. The van der Waals surface area contributed by atoms with Crippen molar-refractivity contribution in [3.63, 3.8) is 0 Å². The summed E-state index contributed by atoms with van der Waals surface area (Å²) in [5.74, 6) is 0.993. The fourth-order valence-corrected chi connectivity index (χ4v) is 4.56. The topological polar surface area (TPSA) is 71.1 Å². The highest BCUT2D eigenvalue weighted by atomic mass is 35.5. The van der Waals surface area contributed by atoms with Crippen LogP contribution in [0.15, 0.2) is 24.5 Å². The monoisotopic (exact) mass is 461 g/mol. The SMILES string of the molecule is COC[C@H](C)NC1CCC(Nc2cc(-c3cc(NCC4CC4)cnc3Cl)c(F)cn2)CC1. The molecule has 2 aromatic heterocycles. The van der Waals surface area contributed by atoms with Crippen LogP contribution in [0.2, 0.25) is 5.15 Å². The zero-order valence-corrected chi connectivity index (χ0v) is 19.6. The van der Waals surface area contributed by atoms with Crippen LogP contribution in [0.25, 0.3) is 11.1 Å². The van der Waals surface area contributed by atoms with Crippen LogP contribution in [0.4, 0.5) is 15.9 Å². The fourth-order valence-electron chi connectivity index (χ4n) is 4.36. The molecule has 2 aromatic rings. The van der Waals surface area contributed by atoms with Crippen molar-refractivity contribution in [3.05, 3.63) is 35.5 Å². The first kappa shape index (κ1) is 23.2. The van der Waals surface area contributed by atoms with Crippen LogP contribution in [-0.4, -0.2) is 48.4 Å². The predicted octanol–water partition coefficient (Wildman–Crippen LogP) is 5.11. The van der Waals surface area contributed by atoms with Gasteiger partial charge in [-0.15, -0.1) is 0 Å². The van der Waals surface area contributed by atoms with Gasteiger partial charge in [-0.1, -0.05) is 11.6 Å². The smallest absolute Gasteiger partial charge is 0.149 e. The van der Waals surface area contributed by atoms with E-state index in [0.29, 0.717) is 35.1 Å². The van der Waals surface area contributed by atoms with Crippen LogP contribution in [0.5, 0.6) is 0 Å². The summed E-state index contributed by atoms with van der Waals surface area (Å²) in [5.41, 5.74) is 1.85. The molecule has 0 aromatic carbocycles. The Morgan fingerprint density at radius 1 is 1.06 bits per heavy atom. The Labute approximate surface area is 194 Å². The fraction of sp³-hybridized carbons (Fsp3) is 0.583. The average Bonchev–Trinajstić information content (AvgIpc) is 3.61. The first-order chi connectivity index (χ1) is 15.5. The van der Waals surface area contributed by atoms with Gasteiger partial charge < -0.3 is 20.7 Å². The molecule has 0 unspecified atom stereocenters. The van der Waals surface area contributed by atoms with E-state index in [1.807, 2.05) is 6.07 Å². The van der Waals surface area contributed by atoms with E-state index in [-0.39, 0.29) is 5.15 Å². The molecule has 6 nitrogen and oxygen atoms in total. The normalized spacial score (nSPS) is 21.9. The van der Waals surface area contributed by atoms with Gasteiger partial charge in [0.2, 0.25) is 0 Å². The van der Waals surface area contributed by atoms with Crippen LogP contribution < -0.4 is 16.0 Å². The van der Waals surface area contributed by atoms with Crippen molar-refractivity contribution in [1.29, 1.82) is 0 Å². The molecule has 0 spiro atoms. The largest absolute Gasteiger partial charge is 0.384 e. The van der Waals surface area contributed by atoms with Crippen LogP contribution in [0.3, 0.4) is 0 Å². The summed E-state index contributed by atoms with van der Waals surface area (Å²) in [6.07, 6.45) is 9.74. The van der Waals surface area contributed by atoms with E-state index in [0.717, 1.165) is 50.4 Å². The number of anilines is 2. The Hall–Kier alpha value is -1.96. The molecule has 2 aliphatic carbocycles. The molecule has 0 aliphatic heterocycles. The average molecular weight is 462 g/mol. The van der Waals surface area contributed by atoms with Crippen LogP contribution in [0, 0.1) is 11.7 Å². The molecular weight excluding hydrogens is 429 g/mol. The number of hydrogen-bond donors (Lipinski definition) is 3. The number of pyridine rings is 2. The minimum absolute atomic E-state index is 0.287. The molecule has 2 fully saturated rings. The molecule has 8 heteroatoms. The van der Waals surface area contributed by atoms with Gasteiger partial charge in [0.15, 0.2) is 0 Å². The molecule has 0 saturated heterocycles. The quantitative estimate of drug-likeness (QED) is 0.427. The first-order valence-electron chi connectivity index (χ1n) is 11.6. The number of rotatable bonds is 10. The van der Waals surface area contributed by atoms with Gasteiger partial charge >= 0.3 is 0 Å². The molecule has 32 heavy (non-hydrogen) atoms. The van der Waals surface area contributed by atoms with Gasteiger partial charge in [-0.05, 0) is 63.5 Å². The minimum atomic E-state index is -0.404. The number of halogens is 2. The molecule has 0 bridgehead atoms. The Bertz CT molecular complexity index is 902. The van der Waals surface area contributed by atoms with E-state index in [9.17, 15) is 4.39 Å². The molecule has 3 N–H and O–H groups in total. The van der Waals surface area contributed by atoms with Crippen molar-refractivity contribution >= 4 is 23.1 Å². The van der Waals surface area contributed by atoms with Crippen molar-refractivity contribution in [2.75, 3.05) is 30.9 Å². The predicted molar refractivity (Wildman–Crippen MR) is 128 cm³/mol. The Kier molecular flexibility index (Phi) is 7.81. The van der Waals surface area contributed by atoms with E-state index in [1.165, 1.54) is 19.0 Å². The standard InChI is InChI=1S/C24H33ClFN5O/c1-15(14-32-2)30-17-5-7-18(8-6-17)31-23-10-20(22(26)13-28-23)21-9-19(12-29-24(21)25)27-11-16-3-4-16/h9-10,12-13,15-18,27,30H,3-8,11,14H2,1-2H3,(H,28,31)/t15-,17?,18?/m0/s1. The van der Waals surface area contributed by atoms with Gasteiger partial charge in [0, 0.05) is 42.9 Å². The number of hydrogen-bond acceptors (Lipinski definition) is 6. The summed E-state index contributed by atoms with van der Waals surface area (Å²) in [6, 6.07) is 4.79. The summed E-state index contributed by atoms with van der Waals surface area (Å²) >= 11 is 6.34. The molecule has 174 valence electrons. The molecule has 2 heterocycles. The summed E-state index contributed by atoms with van der Waals surface area (Å²) in [4.78, 5) is 8.54. The Morgan fingerprint density at radius 2 is 1.81 bits per heavy atom. The van der Waals surface area contributed by atoms with E-state index in [1.54, 1.807) is 19.4 Å². The molecule has 0 amide bonds. The molecule has 0 radical (unpaired) electrons. The van der Waals surface area contributed by atoms with Crippen molar-refractivity contribution in [2.45, 2.75) is 63.6 Å². The highest BCUT2D eigenvalue weighted by Crippen LogP contribution is 2.34. The van der Waals surface area contributed by atoms with Crippen LogP contribution in [0.1, 0.15) is 45.4 Å². The van der Waals surface area contributed by atoms with Gasteiger partial charge in [-0.25, -0.2) is 14.4 Å². The Balaban J connectivity index is 1.39. The summed E-state index contributed by atoms with van der Waals surface area (Å²) < 4.78 is 19.9. The van der Waals surface area contributed by atoms with Gasteiger partial charge in [-0.3, -0.25) is 0 Å². The highest BCUT2D eigenvalue weighted by molar-refractivity contribution is 6.32. The third kappa shape index (κ3) is 6.30. The van der Waals surface area contributed by atoms with E-state index >= 15 is 0 Å². The molecule has 2 saturated carbocycles. The lowest BCUT2D eigenvalue weighted by molar-refractivity contribution is 0.161. The zero-order chi connectivity index (χ0) is 22.5. The maximum absolute atomic E-state index is 14.7. The van der Waals surface area contributed by atoms with Crippen LogP contribution >= 0.6 is 11.6 Å². The molecule has 1 atom stereocenters. The van der Waals surface area contributed by atoms with Crippen molar-refractivity contribution < 1.29 is 9.13 Å². The number of nitrogens with one attached hydrogen (secondary N) is 3. The zero-order valence-electron chi connectivity index (χ0n) is 18.8. The number of methoxy groups -OCH3 is 1. The second kappa shape index (κ2) is 10.8. The number of aromatic nitrogens is 2. The lowest BCUT2D eigenvalue weighted by Gasteiger charge is -2.31. The highest BCUT2D eigenvalue weighted by Gasteiger charge is 2.23. The first-order valence-corrected chi connectivity index (χ1v) is 12.0. The third-order valence-corrected chi connectivity index (χ3v) is 6.59. The summed E-state index contributed by atoms with van der Waals surface area (Å²) in [6.45, 7) is 3.78. The van der Waals surface area contributed by atoms with Crippen LogP contribution in [-0.2, 0) is 4.74 Å². The number of ether oxygens (including phenoxy) is 1. The lowest BCUT2D eigenvalue weighted by atomic mass is 9.90. The summed E-state index contributed by atoms with van der Waals surface area (Å²) in [5, 5.41) is 10.8. The van der Waals surface area contributed by atoms with E-state index in [2.05, 4.69) is 32.8 Å². The van der Waals surface area contributed by atoms with Crippen molar-refractivity contribution in [1.82, 2.24) is 15.3 Å².